The number of aliphatic imine (C=N–C) groups is 2. The highest BCUT2D eigenvalue weighted by Gasteiger charge is 2.32. The second-order valence-electron chi connectivity index (χ2n) is 12.1. The first-order chi connectivity index (χ1) is 24.9. The number of thiophene rings is 1. The lowest BCUT2D eigenvalue weighted by Crippen LogP contribution is -2.37. The average molecular weight is 719 g/mol. The lowest BCUT2D eigenvalue weighted by molar-refractivity contribution is 0.0481. The molecule has 0 radical (unpaired) electrons. The van der Waals surface area contributed by atoms with Gasteiger partial charge in [-0.2, -0.15) is 0 Å². The van der Waals surface area contributed by atoms with E-state index < -0.39 is 11.9 Å². The number of rotatable bonds is 20. The predicted molar refractivity (Wildman–Crippen MR) is 213 cm³/mol. The highest BCUT2D eigenvalue weighted by atomic mass is 32.1. The largest absolute Gasteiger partial charge is 0.462 e. The molecule has 0 saturated heterocycles. The van der Waals surface area contributed by atoms with Crippen molar-refractivity contribution in [2.45, 2.75) is 92.9 Å². The minimum absolute atomic E-state index is 0.0603. The van der Waals surface area contributed by atoms with E-state index in [-0.39, 0.29) is 24.3 Å². The number of para-hydroxylation sites is 2. The fourth-order valence-corrected chi connectivity index (χ4v) is 6.26. The molecule has 2 N–H and O–H groups in total. The highest BCUT2D eigenvalue weighted by molar-refractivity contribution is 7.20. The van der Waals surface area contributed by atoms with Gasteiger partial charge in [0.15, 0.2) is 0 Å². The van der Waals surface area contributed by atoms with E-state index in [0.717, 1.165) is 88.9 Å². The van der Waals surface area contributed by atoms with Gasteiger partial charge in [0.1, 0.15) is 21.1 Å². The predicted octanol–water partition coefficient (Wildman–Crippen LogP) is 10.1. The number of hydrogen-bond donors (Lipinski definition) is 2. The monoisotopic (exact) mass is 718 g/mol. The van der Waals surface area contributed by atoms with E-state index in [0.29, 0.717) is 21.9 Å². The van der Waals surface area contributed by atoms with Crippen LogP contribution in [0, 0.1) is 0 Å². The van der Waals surface area contributed by atoms with E-state index in [1.54, 1.807) is 13.8 Å². The fraction of sp³-hybridized carbons (Fsp3) is 0.500. The molecule has 2 aromatic carbocycles. The van der Waals surface area contributed by atoms with Crippen molar-refractivity contribution < 1.29 is 19.1 Å². The first-order valence-electron chi connectivity index (χ1n) is 18.7. The molecule has 3 rings (SSSR count). The summed E-state index contributed by atoms with van der Waals surface area (Å²) in [5, 5.41) is 7.71. The first kappa shape index (κ1) is 41.0. The van der Waals surface area contributed by atoms with E-state index >= 15 is 0 Å². The van der Waals surface area contributed by atoms with Gasteiger partial charge in [-0.3, -0.25) is 0 Å². The van der Waals surface area contributed by atoms with Crippen LogP contribution in [0.1, 0.15) is 114 Å². The molecular weight excluding hydrogens is 661 g/mol. The maximum absolute atomic E-state index is 13.9. The molecule has 0 spiro atoms. The Morgan fingerprint density at radius 3 is 1.20 bits per heavy atom. The third-order valence-electron chi connectivity index (χ3n) is 8.03. The molecule has 0 bridgehead atoms. The number of nitrogens with zero attached hydrogens (tertiary/aromatic N) is 4. The molecule has 0 unspecified atom stereocenters. The number of nitrogens with one attached hydrogen (secondary N) is 2. The minimum Gasteiger partial charge on any atom is -0.462 e. The van der Waals surface area contributed by atoms with E-state index in [4.69, 9.17) is 19.5 Å². The van der Waals surface area contributed by atoms with Gasteiger partial charge in [-0.1, -0.05) is 101 Å². The van der Waals surface area contributed by atoms with Gasteiger partial charge < -0.3 is 29.9 Å². The number of guanidine groups is 2. The lowest BCUT2D eigenvalue weighted by atomic mass is 10.1. The molecule has 0 aliphatic heterocycles. The standard InChI is InChI=1S/C40H58N6O4S/c1-7-13-27-45(28-14-8-2)39(41-31-23-19-17-20-24-31)43-35-33(37(47)49-11-5)34(38(48)50-12-6)36(51-35)44-40(42-32-25-21-18-22-26-32)46(29-15-9-3)30-16-10-4/h17-26H,7-16,27-30H2,1-6H3,(H,41,43)(H,42,44). The summed E-state index contributed by atoms with van der Waals surface area (Å²) in [6, 6.07) is 19.7. The summed E-state index contributed by atoms with van der Waals surface area (Å²) >= 11 is 1.19. The van der Waals surface area contributed by atoms with Gasteiger partial charge in [-0.05, 0) is 63.8 Å². The van der Waals surface area contributed by atoms with Gasteiger partial charge in [0.05, 0.1) is 13.2 Å². The second kappa shape index (κ2) is 23.2. The zero-order valence-corrected chi connectivity index (χ0v) is 32.3. The number of anilines is 2. The molecule has 1 aromatic heterocycles. The van der Waals surface area contributed by atoms with Gasteiger partial charge in [0, 0.05) is 37.6 Å². The molecule has 0 saturated carbocycles. The summed E-state index contributed by atoms with van der Waals surface area (Å²) in [7, 11) is 0. The number of hydrogen-bond acceptors (Lipinski definition) is 7. The molecule has 0 amide bonds. The highest BCUT2D eigenvalue weighted by Crippen LogP contribution is 2.43. The Morgan fingerprint density at radius 2 is 0.902 bits per heavy atom. The summed E-state index contributed by atoms with van der Waals surface area (Å²) in [6.07, 6.45) is 7.95. The fourth-order valence-electron chi connectivity index (χ4n) is 5.24. The molecular formula is C40H58N6O4S. The topological polar surface area (TPSA) is 108 Å². The Morgan fingerprint density at radius 1 is 0.569 bits per heavy atom. The van der Waals surface area contributed by atoms with Crippen LogP contribution in [0.4, 0.5) is 21.4 Å². The first-order valence-corrected chi connectivity index (χ1v) is 19.5. The number of unbranched alkanes of at least 4 members (excludes halogenated alkanes) is 4. The van der Waals surface area contributed by atoms with Crippen molar-refractivity contribution in [3.8, 4) is 0 Å². The smallest absolute Gasteiger partial charge is 0.342 e. The van der Waals surface area contributed by atoms with Crippen LogP contribution in [0.15, 0.2) is 70.6 Å². The number of esters is 2. The van der Waals surface area contributed by atoms with Gasteiger partial charge in [0.2, 0.25) is 11.9 Å². The quantitative estimate of drug-likeness (QED) is 0.0675. The summed E-state index contributed by atoms with van der Waals surface area (Å²) < 4.78 is 11.2. The van der Waals surface area contributed by atoms with Gasteiger partial charge in [-0.15, -0.1) is 0 Å². The normalized spacial score (nSPS) is 11.6. The summed E-state index contributed by atoms with van der Waals surface area (Å²) in [4.78, 5) is 42.5. The van der Waals surface area contributed by atoms with E-state index in [1.165, 1.54) is 11.3 Å². The van der Waals surface area contributed by atoms with Crippen molar-refractivity contribution in [1.82, 2.24) is 9.80 Å². The molecule has 51 heavy (non-hydrogen) atoms. The van der Waals surface area contributed by atoms with Gasteiger partial charge in [0.25, 0.3) is 0 Å². The number of ether oxygens (including phenoxy) is 2. The van der Waals surface area contributed by atoms with Crippen molar-refractivity contribution in [1.29, 1.82) is 0 Å². The maximum Gasteiger partial charge on any atom is 0.342 e. The molecule has 0 fully saturated rings. The molecule has 278 valence electrons. The summed E-state index contributed by atoms with van der Waals surface area (Å²) in [6.45, 7) is 15.5. The minimum atomic E-state index is -0.642. The van der Waals surface area contributed by atoms with Crippen molar-refractivity contribution in [2.24, 2.45) is 9.98 Å². The van der Waals surface area contributed by atoms with Crippen LogP contribution in [0.3, 0.4) is 0 Å². The molecule has 10 nitrogen and oxygen atoms in total. The summed E-state index contributed by atoms with van der Waals surface area (Å²) in [5.41, 5.74) is 1.85. The average Bonchev–Trinajstić information content (AvgIpc) is 3.50. The van der Waals surface area contributed by atoms with Crippen LogP contribution < -0.4 is 10.6 Å². The van der Waals surface area contributed by atoms with Crippen LogP contribution in [0.2, 0.25) is 0 Å². The molecule has 3 aromatic rings. The van der Waals surface area contributed by atoms with Crippen molar-refractivity contribution >= 4 is 56.6 Å². The summed E-state index contributed by atoms with van der Waals surface area (Å²) in [5.74, 6) is -0.0979. The van der Waals surface area contributed by atoms with Crippen LogP contribution >= 0.6 is 11.3 Å². The third kappa shape index (κ3) is 13.0. The van der Waals surface area contributed by atoms with E-state index in [9.17, 15) is 9.59 Å². The third-order valence-corrected chi connectivity index (χ3v) is 9.01. The lowest BCUT2D eigenvalue weighted by Gasteiger charge is -2.27. The van der Waals surface area contributed by atoms with Crippen LogP contribution in [-0.2, 0) is 9.47 Å². The Bertz CT molecular complexity index is 1400. The number of carbonyl (C=O) groups is 2. The zero-order chi connectivity index (χ0) is 36.8. The molecule has 1 heterocycles. The van der Waals surface area contributed by atoms with E-state index in [1.807, 2.05) is 60.7 Å². The van der Waals surface area contributed by atoms with E-state index in [2.05, 4.69) is 48.1 Å². The number of carbonyl (C=O) groups excluding carboxylic acids is 2. The van der Waals surface area contributed by atoms with Crippen molar-refractivity contribution in [3.63, 3.8) is 0 Å². The van der Waals surface area contributed by atoms with Crippen molar-refractivity contribution in [2.75, 3.05) is 50.0 Å². The Kier molecular flexibility index (Phi) is 18.6. The maximum atomic E-state index is 13.9. The zero-order valence-electron chi connectivity index (χ0n) is 31.5. The van der Waals surface area contributed by atoms with Gasteiger partial charge in [-0.25, -0.2) is 19.6 Å². The molecule has 0 aliphatic rings. The van der Waals surface area contributed by atoms with Gasteiger partial charge >= 0.3 is 11.9 Å². The second-order valence-corrected chi connectivity index (χ2v) is 13.1. The van der Waals surface area contributed by atoms with Crippen LogP contribution in [-0.4, -0.2) is 73.1 Å². The molecule has 0 aliphatic carbocycles. The van der Waals surface area contributed by atoms with Crippen LogP contribution in [0.25, 0.3) is 0 Å². The Labute approximate surface area is 309 Å². The molecule has 11 heteroatoms. The Hall–Kier alpha value is -4.38. The SMILES string of the molecule is CCCCN(CCCC)/C(=N\c1sc(/N=C(\Nc2ccccc2)N(CCCC)CCCC)c(C(=O)OCC)c1C(=O)OCC)Nc1ccccc1. The van der Waals surface area contributed by atoms with Crippen molar-refractivity contribution in [3.05, 3.63) is 71.8 Å². The van der Waals surface area contributed by atoms with Crippen LogP contribution in [0.5, 0.6) is 0 Å². The Balaban J connectivity index is 2.37. The number of benzene rings is 2. The molecule has 0 atom stereocenters.